The van der Waals surface area contributed by atoms with Gasteiger partial charge >= 0.3 is 0 Å². The average Bonchev–Trinajstić information content (AvgIpc) is 3.09. The number of aliphatic imine (C=N–C) groups is 1. The van der Waals surface area contributed by atoms with Crippen LogP contribution in [0.3, 0.4) is 0 Å². The standard InChI is InChI=1S/C13H20N4.HI/c1-10(2)13(6-7-13)9-16-12(14)17-11-5-3-4-8-15-11;/h3-5,8,10H,6-7,9H2,1-2H3,(H3,14,15,16,17);1H. The lowest BCUT2D eigenvalue weighted by atomic mass is 9.93. The smallest absolute Gasteiger partial charge is 0.194 e. The molecule has 5 heteroatoms. The highest BCUT2D eigenvalue weighted by Crippen LogP contribution is 2.51. The number of halogens is 1. The third-order valence-electron chi connectivity index (χ3n) is 3.60. The Morgan fingerprint density at radius 2 is 2.22 bits per heavy atom. The van der Waals surface area contributed by atoms with Crippen LogP contribution in [0.5, 0.6) is 0 Å². The number of aromatic nitrogens is 1. The van der Waals surface area contributed by atoms with Gasteiger partial charge in [-0.1, -0.05) is 19.9 Å². The molecule has 1 heterocycles. The van der Waals surface area contributed by atoms with Crippen LogP contribution in [0.1, 0.15) is 26.7 Å². The van der Waals surface area contributed by atoms with Crippen LogP contribution < -0.4 is 11.1 Å². The van der Waals surface area contributed by atoms with Crippen molar-refractivity contribution in [2.24, 2.45) is 22.1 Å². The van der Waals surface area contributed by atoms with Crippen molar-refractivity contribution in [3.8, 4) is 0 Å². The molecule has 2 rings (SSSR count). The van der Waals surface area contributed by atoms with E-state index in [1.807, 2.05) is 18.2 Å². The van der Waals surface area contributed by atoms with Gasteiger partial charge in [0.15, 0.2) is 5.96 Å². The Bertz CT molecular complexity index is 399. The molecular weight excluding hydrogens is 339 g/mol. The van der Waals surface area contributed by atoms with E-state index in [2.05, 4.69) is 29.1 Å². The number of anilines is 1. The predicted octanol–water partition coefficient (Wildman–Crippen LogP) is 2.86. The van der Waals surface area contributed by atoms with Crippen LogP contribution in [-0.4, -0.2) is 17.5 Å². The number of pyridine rings is 1. The van der Waals surface area contributed by atoms with Crippen LogP contribution in [0, 0.1) is 11.3 Å². The summed E-state index contributed by atoms with van der Waals surface area (Å²) in [7, 11) is 0. The molecule has 4 nitrogen and oxygen atoms in total. The molecule has 3 N–H and O–H groups in total. The Labute approximate surface area is 125 Å². The van der Waals surface area contributed by atoms with Gasteiger partial charge in [0.25, 0.3) is 0 Å². The maximum Gasteiger partial charge on any atom is 0.194 e. The van der Waals surface area contributed by atoms with Gasteiger partial charge in [0.1, 0.15) is 5.82 Å². The third kappa shape index (κ3) is 3.83. The van der Waals surface area contributed by atoms with Gasteiger partial charge < -0.3 is 11.1 Å². The van der Waals surface area contributed by atoms with E-state index in [1.54, 1.807) is 6.20 Å². The molecule has 1 aromatic heterocycles. The Morgan fingerprint density at radius 1 is 1.50 bits per heavy atom. The second kappa shape index (κ2) is 6.36. The zero-order valence-electron chi connectivity index (χ0n) is 10.9. The molecule has 0 aliphatic heterocycles. The zero-order valence-corrected chi connectivity index (χ0v) is 13.2. The molecule has 0 aromatic carbocycles. The minimum absolute atomic E-state index is 0. The first-order valence-electron chi connectivity index (χ1n) is 6.10. The molecule has 0 saturated heterocycles. The summed E-state index contributed by atoms with van der Waals surface area (Å²) >= 11 is 0. The number of nitrogens with two attached hydrogens (primary N) is 1. The Morgan fingerprint density at radius 3 is 2.72 bits per heavy atom. The minimum atomic E-state index is 0. The summed E-state index contributed by atoms with van der Waals surface area (Å²) in [5.74, 6) is 1.87. The van der Waals surface area contributed by atoms with Crippen molar-refractivity contribution in [3.05, 3.63) is 24.4 Å². The normalized spacial score (nSPS) is 17.2. The van der Waals surface area contributed by atoms with Gasteiger partial charge in [-0.25, -0.2) is 4.98 Å². The van der Waals surface area contributed by atoms with E-state index >= 15 is 0 Å². The van der Waals surface area contributed by atoms with E-state index in [-0.39, 0.29) is 24.0 Å². The summed E-state index contributed by atoms with van der Waals surface area (Å²) in [4.78, 5) is 8.56. The molecule has 0 bridgehead atoms. The number of hydrogen-bond acceptors (Lipinski definition) is 2. The van der Waals surface area contributed by atoms with Crippen molar-refractivity contribution in [2.75, 3.05) is 11.9 Å². The first-order valence-corrected chi connectivity index (χ1v) is 6.10. The Hall–Kier alpha value is -0.850. The van der Waals surface area contributed by atoms with Crippen LogP contribution in [0.15, 0.2) is 29.4 Å². The molecule has 0 spiro atoms. The molecule has 0 atom stereocenters. The fourth-order valence-corrected chi connectivity index (χ4v) is 1.93. The zero-order chi connectivity index (χ0) is 12.3. The maximum absolute atomic E-state index is 5.84. The van der Waals surface area contributed by atoms with Gasteiger partial charge in [0.05, 0.1) is 0 Å². The maximum atomic E-state index is 5.84. The fourth-order valence-electron chi connectivity index (χ4n) is 1.93. The summed E-state index contributed by atoms with van der Waals surface area (Å²) in [5, 5.41) is 3.00. The summed E-state index contributed by atoms with van der Waals surface area (Å²) in [5.41, 5.74) is 6.24. The van der Waals surface area contributed by atoms with Gasteiger partial charge in [0.2, 0.25) is 0 Å². The minimum Gasteiger partial charge on any atom is -0.370 e. The monoisotopic (exact) mass is 360 g/mol. The third-order valence-corrected chi connectivity index (χ3v) is 3.60. The van der Waals surface area contributed by atoms with E-state index < -0.39 is 0 Å². The van der Waals surface area contributed by atoms with Crippen molar-refractivity contribution < 1.29 is 0 Å². The van der Waals surface area contributed by atoms with Crippen molar-refractivity contribution in [1.82, 2.24) is 4.98 Å². The highest BCUT2D eigenvalue weighted by atomic mass is 127. The topological polar surface area (TPSA) is 63.3 Å². The lowest BCUT2D eigenvalue weighted by Gasteiger charge is -2.17. The molecule has 1 saturated carbocycles. The van der Waals surface area contributed by atoms with Crippen molar-refractivity contribution in [1.29, 1.82) is 0 Å². The van der Waals surface area contributed by atoms with Gasteiger partial charge in [-0.05, 0) is 36.3 Å². The van der Waals surface area contributed by atoms with Crippen LogP contribution in [0.4, 0.5) is 5.82 Å². The van der Waals surface area contributed by atoms with Crippen LogP contribution >= 0.6 is 24.0 Å². The number of hydrogen-bond donors (Lipinski definition) is 2. The van der Waals surface area contributed by atoms with Gasteiger partial charge in [0, 0.05) is 12.7 Å². The average molecular weight is 360 g/mol. The highest BCUT2D eigenvalue weighted by Gasteiger charge is 2.45. The van der Waals surface area contributed by atoms with E-state index in [4.69, 9.17) is 5.73 Å². The van der Waals surface area contributed by atoms with Gasteiger partial charge in [-0.15, -0.1) is 24.0 Å². The molecule has 1 aliphatic rings. The Balaban J connectivity index is 0.00000162. The lowest BCUT2D eigenvalue weighted by Crippen LogP contribution is -2.25. The number of guanidine groups is 1. The largest absolute Gasteiger partial charge is 0.370 e. The second-order valence-corrected chi connectivity index (χ2v) is 5.06. The molecule has 18 heavy (non-hydrogen) atoms. The van der Waals surface area contributed by atoms with Crippen LogP contribution in [0.2, 0.25) is 0 Å². The molecule has 0 unspecified atom stereocenters. The fraction of sp³-hybridized carbons (Fsp3) is 0.538. The first kappa shape index (κ1) is 15.2. The number of nitrogens with one attached hydrogen (secondary N) is 1. The van der Waals surface area contributed by atoms with Crippen molar-refractivity contribution in [3.63, 3.8) is 0 Å². The van der Waals surface area contributed by atoms with Crippen LogP contribution in [-0.2, 0) is 0 Å². The number of rotatable bonds is 4. The van der Waals surface area contributed by atoms with Crippen molar-refractivity contribution in [2.45, 2.75) is 26.7 Å². The summed E-state index contributed by atoms with van der Waals surface area (Å²) in [6.45, 7) is 5.33. The van der Waals surface area contributed by atoms with E-state index in [9.17, 15) is 0 Å². The predicted molar refractivity (Wildman–Crippen MR) is 86.3 cm³/mol. The molecule has 1 aromatic rings. The van der Waals surface area contributed by atoms with E-state index in [0.29, 0.717) is 17.3 Å². The summed E-state index contributed by atoms with van der Waals surface area (Å²) in [6, 6.07) is 5.66. The highest BCUT2D eigenvalue weighted by molar-refractivity contribution is 14.0. The molecule has 1 fully saturated rings. The molecule has 0 amide bonds. The quantitative estimate of drug-likeness (QED) is 0.493. The molecule has 1 aliphatic carbocycles. The van der Waals surface area contributed by atoms with Gasteiger partial charge in [-0.3, -0.25) is 4.99 Å². The Kier molecular flexibility index (Phi) is 5.37. The lowest BCUT2D eigenvalue weighted by molar-refractivity contribution is 0.371. The first-order chi connectivity index (χ1) is 8.12. The molecule has 0 radical (unpaired) electrons. The second-order valence-electron chi connectivity index (χ2n) is 5.06. The molecule has 100 valence electrons. The molecular formula is C13H21IN4. The van der Waals surface area contributed by atoms with E-state index in [1.165, 1.54) is 12.8 Å². The van der Waals surface area contributed by atoms with Crippen molar-refractivity contribution >= 4 is 35.8 Å². The number of nitrogens with zero attached hydrogens (tertiary/aromatic N) is 2. The van der Waals surface area contributed by atoms with Crippen LogP contribution in [0.25, 0.3) is 0 Å². The summed E-state index contributed by atoms with van der Waals surface area (Å²) in [6.07, 6.45) is 4.27. The SMILES string of the molecule is CC(C)C1(CN=C(N)Nc2ccccn2)CC1.I. The summed E-state index contributed by atoms with van der Waals surface area (Å²) < 4.78 is 0. The van der Waals surface area contributed by atoms with E-state index in [0.717, 1.165) is 12.4 Å². The van der Waals surface area contributed by atoms with Gasteiger partial charge in [-0.2, -0.15) is 0 Å².